The molecule has 1 aromatic rings. The molecule has 0 radical (unpaired) electrons. The van der Waals surface area contributed by atoms with Crippen LogP contribution in [0.5, 0.6) is 11.5 Å². The molecule has 0 saturated heterocycles. The second-order valence-corrected chi connectivity index (χ2v) is 7.31. The largest absolute Gasteiger partial charge is 0.493 e. The summed E-state index contributed by atoms with van der Waals surface area (Å²) >= 11 is 0. The van der Waals surface area contributed by atoms with E-state index >= 15 is 0 Å². The number of likely N-dealkylation sites (N-methyl/N-ethyl adjacent to an activating group) is 1. The predicted molar refractivity (Wildman–Crippen MR) is 80.3 cm³/mol. The number of hydrogen-bond donors (Lipinski definition) is 1. The molecule has 6 nitrogen and oxygen atoms in total. The Bertz CT molecular complexity index is 592. The fourth-order valence-corrected chi connectivity index (χ4v) is 3.52. The minimum Gasteiger partial charge on any atom is -0.493 e. The van der Waals surface area contributed by atoms with E-state index in [1.165, 1.54) is 27.3 Å². The molecular formula is C14H23NO5S. The molecule has 120 valence electrons. The number of para-hydroxylation sites is 1. The summed E-state index contributed by atoms with van der Waals surface area (Å²) in [6, 6.07) is 4.04. The Balaban J connectivity index is 3.38. The van der Waals surface area contributed by atoms with Crippen molar-refractivity contribution in [1.29, 1.82) is 0 Å². The fraction of sp³-hybridized carbons (Fsp3) is 0.571. The van der Waals surface area contributed by atoms with E-state index in [9.17, 15) is 13.5 Å². The lowest BCUT2D eigenvalue weighted by atomic mass is 10.0. The molecule has 0 spiro atoms. The summed E-state index contributed by atoms with van der Waals surface area (Å²) in [6.07, 6.45) is 0. The standard InChI is InChI=1S/C14H23NO5S/c1-10(14(2,3)16)15(4)21(17,18)12-9-7-8-11(19-5)13(12)20-6/h7-10,16H,1-6H3/t10-/m0/s1. The zero-order valence-corrected chi connectivity index (χ0v) is 14.1. The molecule has 0 saturated carbocycles. The van der Waals surface area contributed by atoms with Gasteiger partial charge in [0.15, 0.2) is 11.5 Å². The van der Waals surface area contributed by atoms with Gasteiger partial charge in [0.1, 0.15) is 4.90 Å². The number of sulfonamides is 1. The lowest BCUT2D eigenvalue weighted by Gasteiger charge is -2.33. The molecule has 0 aromatic heterocycles. The lowest BCUT2D eigenvalue weighted by molar-refractivity contribution is 0.0224. The van der Waals surface area contributed by atoms with Crippen LogP contribution in [0, 0.1) is 0 Å². The normalized spacial score (nSPS) is 14.1. The van der Waals surface area contributed by atoms with E-state index in [0.717, 1.165) is 4.31 Å². The first-order chi connectivity index (χ1) is 9.57. The monoisotopic (exact) mass is 317 g/mol. The number of rotatable bonds is 6. The Morgan fingerprint density at radius 1 is 1.24 bits per heavy atom. The highest BCUT2D eigenvalue weighted by Gasteiger charge is 2.35. The summed E-state index contributed by atoms with van der Waals surface area (Å²) in [5.74, 6) is 0.484. The van der Waals surface area contributed by atoms with E-state index < -0.39 is 21.7 Å². The molecular weight excluding hydrogens is 294 g/mol. The molecule has 0 unspecified atom stereocenters. The summed E-state index contributed by atoms with van der Waals surface area (Å²) in [5.41, 5.74) is -1.17. The van der Waals surface area contributed by atoms with Crippen molar-refractivity contribution in [2.24, 2.45) is 0 Å². The van der Waals surface area contributed by atoms with Gasteiger partial charge in [0.2, 0.25) is 10.0 Å². The highest BCUT2D eigenvalue weighted by atomic mass is 32.2. The molecule has 0 aliphatic heterocycles. The summed E-state index contributed by atoms with van der Waals surface area (Å²) < 4.78 is 36.9. The molecule has 0 heterocycles. The third kappa shape index (κ3) is 3.48. The van der Waals surface area contributed by atoms with Crippen LogP contribution in [0.15, 0.2) is 23.1 Å². The van der Waals surface area contributed by atoms with Crippen molar-refractivity contribution < 1.29 is 23.0 Å². The number of aliphatic hydroxyl groups is 1. The number of hydrogen-bond acceptors (Lipinski definition) is 5. The summed E-state index contributed by atoms with van der Waals surface area (Å²) in [5, 5.41) is 10.0. The minimum atomic E-state index is -3.83. The van der Waals surface area contributed by atoms with E-state index in [2.05, 4.69) is 0 Å². The maximum atomic E-state index is 12.7. The molecule has 1 atom stereocenters. The predicted octanol–water partition coefficient (Wildman–Crippen LogP) is 1.48. The van der Waals surface area contributed by atoms with Gasteiger partial charge in [0, 0.05) is 7.05 Å². The molecule has 0 aliphatic rings. The van der Waals surface area contributed by atoms with Crippen molar-refractivity contribution in [2.75, 3.05) is 21.3 Å². The maximum absolute atomic E-state index is 12.7. The average Bonchev–Trinajstić information content (AvgIpc) is 2.43. The summed E-state index contributed by atoms with van der Waals surface area (Å²) in [7, 11) is 0.426. The van der Waals surface area contributed by atoms with Gasteiger partial charge < -0.3 is 14.6 Å². The van der Waals surface area contributed by atoms with Gasteiger partial charge in [-0.05, 0) is 32.9 Å². The Morgan fingerprint density at radius 2 is 1.81 bits per heavy atom. The molecule has 1 N–H and O–H groups in total. The first-order valence-electron chi connectivity index (χ1n) is 6.48. The first-order valence-corrected chi connectivity index (χ1v) is 7.92. The number of nitrogens with zero attached hydrogens (tertiary/aromatic N) is 1. The summed E-state index contributed by atoms with van der Waals surface area (Å²) in [6.45, 7) is 4.77. The second kappa shape index (κ2) is 6.21. The SMILES string of the molecule is COc1cccc(S(=O)(=O)N(C)[C@@H](C)C(C)(C)O)c1OC. The van der Waals surface area contributed by atoms with E-state index in [1.54, 1.807) is 32.9 Å². The lowest BCUT2D eigenvalue weighted by Crippen LogP contribution is -2.48. The number of methoxy groups -OCH3 is 2. The van der Waals surface area contributed by atoms with Crippen molar-refractivity contribution in [3.63, 3.8) is 0 Å². The van der Waals surface area contributed by atoms with Crippen LogP contribution in [0.3, 0.4) is 0 Å². The molecule has 0 amide bonds. The zero-order chi connectivity index (χ0) is 16.4. The highest BCUT2D eigenvalue weighted by molar-refractivity contribution is 7.89. The van der Waals surface area contributed by atoms with Gasteiger partial charge in [-0.1, -0.05) is 6.07 Å². The zero-order valence-electron chi connectivity index (χ0n) is 13.2. The maximum Gasteiger partial charge on any atom is 0.246 e. The second-order valence-electron chi connectivity index (χ2n) is 5.34. The molecule has 21 heavy (non-hydrogen) atoms. The molecule has 0 fully saturated rings. The van der Waals surface area contributed by atoms with Crippen molar-refractivity contribution in [3.05, 3.63) is 18.2 Å². The van der Waals surface area contributed by atoms with Crippen molar-refractivity contribution in [3.8, 4) is 11.5 Å². The van der Waals surface area contributed by atoms with Crippen LogP contribution in [0.25, 0.3) is 0 Å². The van der Waals surface area contributed by atoms with Crippen LogP contribution in [-0.4, -0.2) is 50.7 Å². The van der Waals surface area contributed by atoms with E-state index in [1.807, 2.05) is 0 Å². The van der Waals surface area contributed by atoms with Crippen LogP contribution in [0.1, 0.15) is 20.8 Å². The van der Waals surface area contributed by atoms with Gasteiger partial charge in [-0.15, -0.1) is 0 Å². The third-order valence-corrected chi connectivity index (χ3v) is 5.54. The minimum absolute atomic E-state index is 0.00273. The first kappa shape index (κ1) is 17.7. The van der Waals surface area contributed by atoms with Crippen molar-refractivity contribution in [2.45, 2.75) is 37.3 Å². The van der Waals surface area contributed by atoms with Crippen molar-refractivity contribution in [1.82, 2.24) is 4.31 Å². The molecule has 1 aromatic carbocycles. The molecule has 1 rings (SSSR count). The van der Waals surface area contributed by atoms with Crippen LogP contribution in [0.4, 0.5) is 0 Å². The Labute approximate surface area is 126 Å². The van der Waals surface area contributed by atoms with Gasteiger partial charge >= 0.3 is 0 Å². The Hall–Kier alpha value is -1.31. The molecule has 7 heteroatoms. The average molecular weight is 317 g/mol. The van der Waals surface area contributed by atoms with Crippen LogP contribution in [0.2, 0.25) is 0 Å². The van der Waals surface area contributed by atoms with E-state index in [4.69, 9.17) is 9.47 Å². The van der Waals surface area contributed by atoms with E-state index in [-0.39, 0.29) is 10.6 Å². The fourth-order valence-electron chi connectivity index (χ4n) is 1.87. The smallest absolute Gasteiger partial charge is 0.246 e. The van der Waals surface area contributed by atoms with Crippen LogP contribution in [-0.2, 0) is 10.0 Å². The van der Waals surface area contributed by atoms with Crippen LogP contribution < -0.4 is 9.47 Å². The Kier molecular flexibility index (Phi) is 5.25. The number of benzene rings is 1. The highest BCUT2D eigenvalue weighted by Crippen LogP contribution is 2.36. The van der Waals surface area contributed by atoms with E-state index in [0.29, 0.717) is 5.75 Å². The molecule has 0 bridgehead atoms. The van der Waals surface area contributed by atoms with Crippen LogP contribution >= 0.6 is 0 Å². The summed E-state index contributed by atoms with van der Waals surface area (Å²) in [4.78, 5) is 0.00273. The quantitative estimate of drug-likeness (QED) is 0.860. The third-order valence-electron chi connectivity index (χ3n) is 3.59. The van der Waals surface area contributed by atoms with Gasteiger partial charge in [-0.25, -0.2) is 8.42 Å². The molecule has 0 aliphatic carbocycles. The van der Waals surface area contributed by atoms with Gasteiger partial charge in [0.05, 0.1) is 25.9 Å². The van der Waals surface area contributed by atoms with Crippen molar-refractivity contribution >= 4 is 10.0 Å². The Morgan fingerprint density at radius 3 is 2.24 bits per heavy atom. The van der Waals surface area contributed by atoms with Gasteiger partial charge in [-0.2, -0.15) is 4.31 Å². The van der Waals surface area contributed by atoms with Gasteiger partial charge in [-0.3, -0.25) is 0 Å². The number of ether oxygens (including phenoxy) is 2. The van der Waals surface area contributed by atoms with Gasteiger partial charge in [0.25, 0.3) is 0 Å². The topological polar surface area (TPSA) is 76.1 Å².